The molecule has 0 bridgehead atoms. The normalized spacial score (nSPS) is 19.1. The number of imidazole rings is 1. The van der Waals surface area contributed by atoms with Crippen LogP contribution in [0.4, 0.5) is 4.79 Å². The lowest BCUT2D eigenvalue weighted by molar-refractivity contribution is 0.0219. The van der Waals surface area contributed by atoms with Crippen LogP contribution in [0, 0.1) is 0 Å². The topological polar surface area (TPSA) is 47.4 Å². The zero-order chi connectivity index (χ0) is 14.8. The average molecular weight is 277 g/mol. The molecule has 2 rings (SSSR count). The Morgan fingerprint density at radius 1 is 1.60 bits per heavy atom. The van der Waals surface area contributed by atoms with Gasteiger partial charge in [-0.2, -0.15) is 0 Å². The minimum atomic E-state index is -0.467. The van der Waals surface area contributed by atoms with Crippen molar-refractivity contribution >= 4 is 6.09 Å². The summed E-state index contributed by atoms with van der Waals surface area (Å²) in [6.07, 6.45) is 7.13. The fourth-order valence-corrected chi connectivity index (χ4v) is 2.51. The van der Waals surface area contributed by atoms with Crippen molar-refractivity contribution in [2.45, 2.75) is 51.8 Å². The molecule has 0 radical (unpaired) electrons. The molecule has 0 aromatic carbocycles. The average Bonchev–Trinajstić information content (AvgIpc) is 2.93. The molecule has 1 unspecified atom stereocenters. The Morgan fingerprint density at radius 3 is 3.00 bits per heavy atom. The number of likely N-dealkylation sites (tertiary alicyclic amines) is 1. The molecule has 5 heteroatoms. The third-order valence-corrected chi connectivity index (χ3v) is 3.29. The van der Waals surface area contributed by atoms with Gasteiger partial charge in [-0.25, -0.2) is 9.78 Å². The van der Waals surface area contributed by atoms with E-state index in [4.69, 9.17) is 4.74 Å². The van der Waals surface area contributed by atoms with Crippen molar-refractivity contribution in [3.63, 3.8) is 0 Å². The lowest BCUT2D eigenvalue weighted by atomic mass is 10.1. The molecular formula is C15H23N3O2. The summed E-state index contributed by atoms with van der Waals surface area (Å²) in [6.45, 7) is 10.8. The number of allylic oxidation sites excluding steroid dienone is 1. The summed E-state index contributed by atoms with van der Waals surface area (Å²) < 4.78 is 7.52. The number of hydrogen-bond donors (Lipinski definition) is 0. The predicted molar refractivity (Wildman–Crippen MR) is 77.3 cm³/mol. The van der Waals surface area contributed by atoms with Gasteiger partial charge in [0.25, 0.3) is 0 Å². The number of rotatable bonds is 3. The molecule has 1 aliphatic rings. The van der Waals surface area contributed by atoms with Crippen molar-refractivity contribution in [3.05, 3.63) is 30.9 Å². The monoisotopic (exact) mass is 277 g/mol. The maximum absolute atomic E-state index is 12.3. The summed E-state index contributed by atoms with van der Waals surface area (Å²) in [4.78, 5) is 18.3. The number of carbonyl (C=O) groups is 1. The molecule has 1 aromatic heterocycles. The fourth-order valence-electron chi connectivity index (χ4n) is 2.51. The van der Waals surface area contributed by atoms with Gasteiger partial charge >= 0.3 is 6.09 Å². The van der Waals surface area contributed by atoms with E-state index in [0.29, 0.717) is 6.54 Å². The highest BCUT2D eigenvalue weighted by Crippen LogP contribution is 2.33. The SMILES string of the molecule is C=CCn1cncc1C1CCCN1C(=O)OC(C)(C)C. The van der Waals surface area contributed by atoms with E-state index in [1.54, 1.807) is 6.33 Å². The molecule has 2 heterocycles. The summed E-state index contributed by atoms with van der Waals surface area (Å²) in [7, 11) is 0. The summed E-state index contributed by atoms with van der Waals surface area (Å²) in [5.41, 5.74) is 0.583. The highest BCUT2D eigenvalue weighted by molar-refractivity contribution is 5.69. The van der Waals surface area contributed by atoms with E-state index in [0.717, 1.165) is 25.1 Å². The van der Waals surface area contributed by atoms with Gasteiger partial charge < -0.3 is 9.30 Å². The highest BCUT2D eigenvalue weighted by atomic mass is 16.6. The second-order valence-corrected chi connectivity index (χ2v) is 6.09. The number of amides is 1. The number of hydrogen-bond acceptors (Lipinski definition) is 3. The minimum absolute atomic E-state index is 0.0484. The molecule has 1 amide bonds. The van der Waals surface area contributed by atoms with E-state index >= 15 is 0 Å². The van der Waals surface area contributed by atoms with Crippen molar-refractivity contribution in [2.75, 3.05) is 6.54 Å². The molecule has 0 aliphatic carbocycles. The van der Waals surface area contributed by atoms with Crippen LogP contribution in [0.3, 0.4) is 0 Å². The highest BCUT2D eigenvalue weighted by Gasteiger charge is 2.34. The van der Waals surface area contributed by atoms with Gasteiger partial charge in [-0.1, -0.05) is 6.08 Å². The third kappa shape index (κ3) is 3.21. The second-order valence-electron chi connectivity index (χ2n) is 6.09. The Bertz CT molecular complexity index is 488. The van der Waals surface area contributed by atoms with Gasteiger partial charge in [0.15, 0.2) is 0 Å². The first-order valence-electron chi connectivity index (χ1n) is 7.03. The molecular weight excluding hydrogens is 254 g/mol. The molecule has 1 fully saturated rings. The quantitative estimate of drug-likeness (QED) is 0.797. The number of aromatic nitrogens is 2. The van der Waals surface area contributed by atoms with Gasteiger partial charge in [0.2, 0.25) is 0 Å². The summed E-state index contributed by atoms with van der Waals surface area (Å²) in [5, 5.41) is 0. The van der Waals surface area contributed by atoms with E-state index in [2.05, 4.69) is 11.6 Å². The molecule has 1 aromatic rings. The Morgan fingerprint density at radius 2 is 2.35 bits per heavy atom. The smallest absolute Gasteiger partial charge is 0.410 e. The van der Waals surface area contributed by atoms with Gasteiger partial charge in [-0.05, 0) is 33.6 Å². The maximum atomic E-state index is 12.3. The van der Waals surface area contributed by atoms with Crippen molar-refractivity contribution in [3.8, 4) is 0 Å². The Hall–Kier alpha value is -1.78. The summed E-state index contributed by atoms with van der Waals surface area (Å²) in [6, 6.07) is 0.0484. The fraction of sp³-hybridized carbons (Fsp3) is 0.600. The maximum Gasteiger partial charge on any atom is 0.410 e. The summed E-state index contributed by atoms with van der Waals surface area (Å²) >= 11 is 0. The van der Waals surface area contributed by atoms with Crippen LogP contribution < -0.4 is 0 Å². The van der Waals surface area contributed by atoms with E-state index in [1.807, 2.05) is 42.5 Å². The van der Waals surface area contributed by atoms with Gasteiger partial charge in [-0.3, -0.25) is 4.90 Å². The lowest BCUT2D eigenvalue weighted by Gasteiger charge is -2.28. The van der Waals surface area contributed by atoms with Crippen molar-refractivity contribution < 1.29 is 9.53 Å². The zero-order valence-corrected chi connectivity index (χ0v) is 12.5. The number of nitrogens with zero attached hydrogens (tertiary/aromatic N) is 3. The molecule has 1 atom stereocenters. The van der Waals surface area contributed by atoms with Crippen LogP contribution in [-0.4, -0.2) is 32.7 Å². The van der Waals surface area contributed by atoms with Crippen LogP contribution in [0.15, 0.2) is 25.2 Å². The summed E-state index contributed by atoms with van der Waals surface area (Å²) in [5.74, 6) is 0. The molecule has 5 nitrogen and oxygen atoms in total. The largest absolute Gasteiger partial charge is 0.444 e. The van der Waals surface area contributed by atoms with Crippen LogP contribution in [0.2, 0.25) is 0 Å². The first-order chi connectivity index (χ1) is 9.42. The first kappa shape index (κ1) is 14.6. The molecule has 1 saturated heterocycles. The lowest BCUT2D eigenvalue weighted by Crippen LogP contribution is -2.36. The number of carbonyl (C=O) groups excluding carboxylic acids is 1. The Kier molecular flexibility index (Phi) is 4.16. The first-order valence-corrected chi connectivity index (χ1v) is 7.03. The second kappa shape index (κ2) is 5.69. The standard InChI is InChI=1S/C15H23N3O2/c1-5-8-17-11-16-10-13(17)12-7-6-9-18(12)14(19)20-15(2,3)4/h5,10-12H,1,6-9H2,2-4H3. The van der Waals surface area contributed by atoms with Gasteiger partial charge in [0.1, 0.15) is 5.60 Å². The van der Waals surface area contributed by atoms with E-state index in [9.17, 15) is 4.79 Å². The van der Waals surface area contributed by atoms with Gasteiger partial charge in [0.05, 0.1) is 24.3 Å². The molecule has 20 heavy (non-hydrogen) atoms. The van der Waals surface area contributed by atoms with Crippen LogP contribution in [0.5, 0.6) is 0 Å². The molecule has 110 valence electrons. The minimum Gasteiger partial charge on any atom is -0.444 e. The molecule has 1 aliphatic heterocycles. The van der Waals surface area contributed by atoms with E-state index in [1.165, 1.54) is 0 Å². The van der Waals surface area contributed by atoms with Crippen LogP contribution >= 0.6 is 0 Å². The number of ether oxygens (including phenoxy) is 1. The van der Waals surface area contributed by atoms with Crippen LogP contribution in [0.25, 0.3) is 0 Å². The van der Waals surface area contributed by atoms with E-state index < -0.39 is 5.60 Å². The van der Waals surface area contributed by atoms with Crippen molar-refractivity contribution in [2.24, 2.45) is 0 Å². The van der Waals surface area contributed by atoms with E-state index in [-0.39, 0.29) is 12.1 Å². The van der Waals surface area contributed by atoms with Crippen LogP contribution in [-0.2, 0) is 11.3 Å². The zero-order valence-electron chi connectivity index (χ0n) is 12.5. The molecule has 0 N–H and O–H groups in total. The third-order valence-electron chi connectivity index (χ3n) is 3.29. The Balaban J connectivity index is 2.16. The van der Waals surface area contributed by atoms with Gasteiger partial charge in [-0.15, -0.1) is 6.58 Å². The van der Waals surface area contributed by atoms with Crippen molar-refractivity contribution in [1.29, 1.82) is 0 Å². The predicted octanol–water partition coefficient (Wildman–Crippen LogP) is 3.14. The van der Waals surface area contributed by atoms with Gasteiger partial charge in [0, 0.05) is 13.1 Å². The molecule has 0 spiro atoms. The Labute approximate surface area is 120 Å². The molecule has 0 saturated carbocycles. The van der Waals surface area contributed by atoms with Crippen LogP contribution in [0.1, 0.15) is 45.3 Å². The van der Waals surface area contributed by atoms with Crippen molar-refractivity contribution in [1.82, 2.24) is 14.5 Å².